The van der Waals surface area contributed by atoms with Gasteiger partial charge in [-0.25, -0.2) is 0 Å². The lowest BCUT2D eigenvalue weighted by Crippen LogP contribution is -2.36. The summed E-state index contributed by atoms with van der Waals surface area (Å²) in [5, 5.41) is 10.9. The third-order valence-corrected chi connectivity index (χ3v) is 4.73. The van der Waals surface area contributed by atoms with Crippen LogP contribution in [0.15, 0.2) is 11.6 Å². The van der Waals surface area contributed by atoms with Crippen LogP contribution in [-0.4, -0.2) is 34.7 Å². The molecule has 96 valence electrons. The van der Waals surface area contributed by atoms with Gasteiger partial charge in [-0.3, -0.25) is 4.90 Å². The first kappa shape index (κ1) is 11.7. The van der Waals surface area contributed by atoms with Crippen molar-refractivity contribution in [2.24, 2.45) is 0 Å². The van der Waals surface area contributed by atoms with Crippen molar-refractivity contribution >= 4 is 0 Å². The van der Waals surface area contributed by atoms with E-state index in [9.17, 15) is 5.11 Å². The minimum absolute atomic E-state index is 0.472. The van der Waals surface area contributed by atoms with Crippen molar-refractivity contribution in [1.29, 1.82) is 0 Å². The molecule has 2 fully saturated rings. The molecule has 1 unspecified atom stereocenters. The third kappa shape index (κ3) is 2.58. The van der Waals surface area contributed by atoms with Gasteiger partial charge < -0.3 is 5.11 Å². The highest BCUT2D eigenvalue weighted by molar-refractivity contribution is 5.21. The summed E-state index contributed by atoms with van der Waals surface area (Å²) in [4.78, 5) is 2.51. The second kappa shape index (κ2) is 4.74. The van der Waals surface area contributed by atoms with Crippen molar-refractivity contribution in [3.05, 3.63) is 11.6 Å². The van der Waals surface area contributed by atoms with Crippen LogP contribution in [0.4, 0.5) is 0 Å². The van der Waals surface area contributed by atoms with Crippen LogP contribution in [-0.2, 0) is 0 Å². The van der Waals surface area contributed by atoms with Gasteiger partial charge in [-0.1, -0.05) is 18.9 Å². The van der Waals surface area contributed by atoms with E-state index in [0.717, 1.165) is 32.0 Å². The molecule has 1 heterocycles. The molecule has 2 nitrogen and oxygen atoms in total. The normalized spacial score (nSPS) is 36.4. The first-order chi connectivity index (χ1) is 8.28. The van der Waals surface area contributed by atoms with Gasteiger partial charge in [-0.05, 0) is 50.5 Å². The van der Waals surface area contributed by atoms with Crippen molar-refractivity contribution in [2.45, 2.75) is 69.4 Å². The maximum Gasteiger partial charge on any atom is 0.0995 e. The zero-order valence-corrected chi connectivity index (χ0v) is 10.8. The number of β-amino-alcohol motifs (C(OH)–C–C–N with tert-alkyl or cyclic N) is 1. The fourth-order valence-corrected chi connectivity index (χ4v) is 3.45. The molecule has 0 spiro atoms. The molecule has 0 aromatic carbocycles. The minimum atomic E-state index is -0.472. The van der Waals surface area contributed by atoms with Crippen molar-refractivity contribution in [2.75, 3.05) is 13.1 Å². The van der Waals surface area contributed by atoms with E-state index in [0.29, 0.717) is 0 Å². The summed E-state index contributed by atoms with van der Waals surface area (Å²) in [6, 6.07) is 0.804. The van der Waals surface area contributed by atoms with E-state index in [2.05, 4.69) is 11.0 Å². The largest absolute Gasteiger partial charge is 0.384 e. The molecule has 0 aromatic rings. The Hall–Kier alpha value is -0.340. The Morgan fingerprint density at radius 2 is 2.00 bits per heavy atom. The maximum absolute atomic E-state index is 10.9. The first-order valence-corrected chi connectivity index (χ1v) is 7.44. The fourth-order valence-electron chi connectivity index (χ4n) is 3.45. The van der Waals surface area contributed by atoms with Crippen LogP contribution in [0, 0.1) is 0 Å². The number of likely N-dealkylation sites (tertiary alicyclic amines) is 1. The van der Waals surface area contributed by atoms with E-state index in [-0.39, 0.29) is 0 Å². The fraction of sp³-hybridized carbons (Fsp3) is 0.867. The summed E-state index contributed by atoms with van der Waals surface area (Å²) < 4.78 is 0. The number of hydrogen-bond acceptors (Lipinski definition) is 2. The van der Waals surface area contributed by atoms with Crippen molar-refractivity contribution in [3.8, 4) is 0 Å². The standard InChI is InChI=1S/C15H25NO/c17-15(10-11-16(12-15)14-8-9-14)13-6-4-2-1-3-5-7-13/h6,14,17H,1-5,7-12H2. The van der Waals surface area contributed by atoms with E-state index < -0.39 is 5.60 Å². The van der Waals surface area contributed by atoms with Crippen LogP contribution in [0.1, 0.15) is 57.8 Å². The monoisotopic (exact) mass is 235 g/mol. The molecule has 0 radical (unpaired) electrons. The molecule has 3 aliphatic rings. The smallest absolute Gasteiger partial charge is 0.0995 e. The van der Waals surface area contributed by atoms with Gasteiger partial charge in [0.2, 0.25) is 0 Å². The summed E-state index contributed by atoms with van der Waals surface area (Å²) in [5.41, 5.74) is 0.889. The molecular formula is C15H25NO. The average Bonchev–Trinajstić information content (AvgIpc) is 3.02. The van der Waals surface area contributed by atoms with Gasteiger partial charge in [0.15, 0.2) is 0 Å². The van der Waals surface area contributed by atoms with Crippen molar-refractivity contribution in [1.82, 2.24) is 4.90 Å². The van der Waals surface area contributed by atoms with Gasteiger partial charge in [-0.15, -0.1) is 0 Å². The maximum atomic E-state index is 10.9. The highest BCUT2D eigenvalue weighted by Crippen LogP contribution is 2.38. The van der Waals surface area contributed by atoms with E-state index >= 15 is 0 Å². The van der Waals surface area contributed by atoms with Crippen LogP contribution in [0.25, 0.3) is 0 Å². The summed E-state index contributed by atoms with van der Waals surface area (Å²) >= 11 is 0. The van der Waals surface area contributed by atoms with Gasteiger partial charge in [-0.2, -0.15) is 0 Å². The Balaban J connectivity index is 1.68. The molecule has 17 heavy (non-hydrogen) atoms. The lowest BCUT2D eigenvalue weighted by atomic mass is 9.86. The molecule has 1 saturated heterocycles. The Morgan fingerprint density at radius 3 is 2.82 bits per heavy atom. The zero-order chi connectivity index (χ0) is 11.7. The zero-order valence-electron chi connectivity index (χ0n) is 10.8. The van der Waals surface area contributed by atoms with Crippen LogP contribution in [0.3, 0.4) is 0 Å². The van der Waals surface area contributed by atoms with Crippen LogP contribution >= 0.6 is 0 Å². The second-order valence-corrected chi connectivity index (χ2v) is 6.17. The topological polar surface area (TPSA) is 23.5 Å². The van der Waals surface area contributed by atoms with E-state index in [1.54, 1.807) is 0 Å². The molecule has 1 N–H and O–H groups in total. The molecule has 2 aliphatic carbocycles. The Labute approximate surface area is 105 Å². The minimum Gasteiger partial charge on any atom is -0.384 e. The highest BCUT2D eigenvalue weighted by atomic mass is 16.3. The molecule has 0 aromatic heterocycles. The number of nitrogens with zero attached hydrogens (tertiary/aromatic N) is 1. The summed E-state index contributed by atoms with van der Waals surface area (Å²) in [6.45, 7) is 2.02. The van der Waals surface area contributed by atoms with Crippen LogP contribution < -0.4 is 0 Å². The Kier molecular flexibility index (Phi) is 3.27. The quantitative estimate of drug-likeness (QED) is 0.744. The third-order valence-electron chi connectivity index (χ3n) is 4.73. The van der Waals surface area contributed by atoms with Gasteiger partial charge in [0.1, 0.15) is 0 Å². The molecule has 1 aliphatic heterocycles. The number of allylic oxidation sites excluding steroid dienone is 1. The number of aliphatic hydroxyl groups is 1. The van der Waals surface area contributed by atoms with Gasteiger partial charge in [0.25, 0.3) is 0 Å². The van der Waals surface area contributed by atoms with Crippen LogP contribution in [0.5, 0.6) is 0 Å². The molecular weight excluding hydrogens is 210 g/mol. The van der Waals surface area contributed by atoms with Gasteiger partial charge in [0.05, 0.1) is 5.60 Å². The number of hydrogen-bond donors (Lipinski definition) is 1. The highest BCUT2D eigenvalue weighted by Gasteiger charge is 2.43. The van der Waals surface area contributed by atoms with Gasteiger partial charge in [0, 0.05) is 19.1 Å². The average molecular weight is 235 g/mol. The summed E-state index contributed by atoms with van der Waals surface area (Å²) in [6.07, 6.45) is 13.7. The summed E-state index contributed by atoms with van der Waals surface area (Å²) in [5.74, 6) is 0. The molecule has 1 saturated carbocycles. The van der Waals surface area contributed by atoms with E-state index in [4.69, 9.17) is 0 Å². The van der Waals surface area contributed by atoms with Crippen LogP contribution in [0.2, 0.25) is 0 Å². The Morgan fingerprint density at radius 1 is 1.18 bits per heavy atom. The molecule has 3 rings (SSSR count). The van der Waals surface area contributed by atoms with Crippen molar-refractivity contribution in [3.63, 3.8) is 0 Å². The SMILES string of the molecule is OC1(C2=CCCCCCC2)CCN(C2CC2)C1. The van der Waals surface area contributed by atoms with E-state index in [1.807, 2.05) is 0 Å². The molecule has 2 heteroatoms. The second-order valence-electron chi connectivity index (χ2n) is 6.17. The van der Waals surface area contributed by atoms with Crippen molar-refractivity contribution < 1.29 is 5.11 Å². The predicted octanol–water partition coefficient (Wildman–Crippen LogP) is 2.87. The predicted molar refractivity (Wildman–Crippen MR) is 69.9 cm³/mol. The molecule has 0 amide bonds. The van der Waals surface area contributed by atoms with Gasteiger partial charge >= 0.3 is 0 Å². The lowest BCUT2D eigenvalue weighted by molar-refractivity contribution is 0.0804. The number of rotatable bonds is 2. The Bertz CT molecular complexity index is 308. The first-order valence-electron chi connectivity index (χ1n) is 7.44. The lowest BCUT2D eigenvalue weighted by Gasteiger charge is -2.28. The molecule has 1 atom stereocenters. The molecule has 0 bridgehead atoms. The summed E-state index contributed by atoms with van der Waals surface area (Å²) in [7, 11) is 0. The van der Waals surface area contributed by atoms with E-state index in [1.165, 1.54) is 50.5 Å².